The van der Waals surface area contributed by atoms with Crippen molar-refractivity contribution in [2.75, 3.05) is 35.7 Å². The van der Waals surface area contributed by atoms with E-state index >= 15 is 0 Å². The summed E-state index contributed by atoms with van der Waals surface area (Å²) in [5.41, 5.74) is 0.915. The summed E-state index contributed by atoms with van der Waals surface area (Å²) in [5, 5.41) is 6.32. The molecule has 0 unspecified atom stereocenters. The molecule has 11 heteroatoms. The SMILES string of the molecule is COc1cc2c(Oc3ccc(NC(=O)C4(C(=O)Nc5ccc(F)cc5)CC4)cc3)ccnc2cc1N1CCC(C(=O)OC(C)(C)C)CC1. The van der Waals surface area contributed by atoms with Crippen LogP contribution in [0.25, 0.3) is 10.9 Å². The molecule has 1 aliphatic carbocycles. The maximum absolute atomic E-state index is 13.2. The van der Waals surface area contributed by atoms with Crippen molar-refractivity contribution >= 4 is 45.7 Å². The first-order chi connectivity index (χ1) is 22.9. The van der Waals surface area contributed by atoms with E-state index in [1.54, 1.807) is 43.6 Å². The molecule has 2 aliphatic rings. The number of hydrogen-bond donors (Lipinski definition) is 2. The highest BCUT2D eigenvalue weighted by Crippen LogP contribution is 2.47. The molecule has 1 aromatic heterocycles. The summed E-state index contributed by atoms with van der Waals surface area (Å²) in [6.45, 7) is 7.02. The van der Waals surface area contributed by atoms with Crippen LogP contribution in [0.15, 0.2) is 72.9 Å². The summed E-state index contributed by atoms with van der Waals surface area (Å²) < 4.78 is 30.9. The zero-order valence-corrected chi connectivity index (χ0v) is 27.5. The largest absolute Gasteiger partial charge is 0.495 e. The Hall–Kier alpha value is -5.19. The summed E-state index contributed by atoms with van der Waals surface area (Å²) in [6, 6.07) is 18.0. The van der Waals surface area contributed by atoms with Crippen LogP contribution in [0.5, 0.6) is 17.2 Å². The van der Waals surface area contributed by atoms with Gasteiger partial charge in [-0.15, -0.1) is 0 Å². The number of rotatable bonds is 9. The molecule has 1 saturated carbocycles. The second-order valence-electron chi connectivity index (χ2n) is 13.3. The molecule has 4 aromatic rings. The summed E-state index contributed by atoms with van der Waals surface area (Å²) in [4.78, 5) is 45.4. The van der Waals surface area contributed by atoms with Crippen molar-refractivity contribution in [1.82, 2.24) is 4.98 Å². The van der Waals surface area contributed by atoms with Crippen LogP contribution in [0, 0.1) is 17.2 Å². The number of carbonyl (C=O) groups is 3. The van der Waals surface area contributed by atoms with Gasteiger partial charge >= 0.3 is 5.97 Å². The minimum Gasteiger partial charge on any atom is -0.495 e. The summed E-state index contributed by atoms with van der Waals surface area (Å²) in [6.07, 6.45) is 3.92. The fourth-order valence-corrected chi connectivity index (χ4v) is 5.83. The Bertz CT molecular complexity index is 1830. The van der Waals surface area contributed by atoms with Gasteiger partial charge in [0.15, 0.2) is 0 Å². The Balaban J connectivity index is 1.11. The van der Waals surface area contributed by atoms with Gasteiger partial charge in [0.1, 0.15) is 34.1 Å². The van der Waals surface area contributed by atoms with Gasteiger partial charge in [-0.25, -0.2) is 4.39 Å². The number of pyridine rings is 1. The van der Waals surface area contributed by atoms with Crippen LogP contribution >= 0.6 is 0 Å². The number of ether oxygens (including phenoxy) is 3. The van der Waals surface area contributed by atoms with Gasteiger partial charge in [-0.1, -0.05) is 0 Å². The smallest absolute Gasteiger partial charge is 0.309 e. The lowest BCUT2D eigenvalue weighted by Crippen LogP contribution is -2.39. The first kappa shape index (κ1) is 32.7. The predicted molar refractivity (Wildman–Crippen MR) is 181 cm³/mol. The molecule has 2 fully saturated rings. The van der Waals surface area contributed by atoms with E-state index in [1.807, 2.05) is 32.9 Å². The lowest BCUT2D eigenvalue weighted by Gasteiger charge is -2.34. The van der Waals surface area contributed by atoms with Crippen molar-refractivity contribution in [2.45, 2.75) is 52.1 Å². The number of carbonyl (C=O) groups excluding carboxylic acids is 3. The molecule has 0 bridgehead atoms. The standard InChI is InChI=1S/C37H39FN4O6/c1-36(2,3)48-33(43)23-14-19-42(20-15-23)30-22-29-28(21-32(30)46-4)31(13-18-39-29)47-27-11-9-26(10-12-27)41-35(45)37(16-17-37)34(44)40-25-7-5-24(38)6-8-25/h5-13,18,21-23H,14-17,19-20H2,1-4H3,(H,40,44)(H,41,45). The third-order valence-electron chi connectivity index (χ3n) is 8.64. The van der Waals surface area contributed by atoms with Crippen LogP contribution in [-0.2, 0) is 19.1 Å². The first-order valence-electron chi connectivity index (χ1n) is 16.0. The van der Waals surface area contributed by atoms with Crippen molar-refractivity contribution in [3.05, 3.63) is 78.7 Å². The fourth-order valence-electron chi connectivity index (χ4n) is 5.83. The van der Waals surface area contributed by atoms with Gasteiger partial charge in [-0.3, -0.25) is 19.4 Å². The molecule has 1 aliphatic heterocycles. The van der Waals surface area contributed by atoms with E-state index in [2.05, 4.69) is 20.5 Å². The average molecular weight is 655 g/mol. The highest BCUT2D eigenvalue weighted by atomic mass is 19.1. The molecule has 0 radical (unpaired) electrons. The highest BCUT2D eigenvalue weighted by molar-refractivity contribution is 6.16. The Morgan fingerprint density at radius 2 is 1.48 bits per heavy atom. The third kappa shape index (κ3) is 7.20. The van der Waals surface area contributed by atoms with E-state index in [0.29, 0.717) is 67.4 Å². The number of hydrogen-bond acceptors (Lipinski definition) is 8. The van der Waals surface area contributed by atoms with Crippen LogP contribution in [0.2, 0.25) is 0 Å². The minimum absolute atomic E-state index is 0.132. The molecule has 2 amide bonds. The van der Waals surface area contributed by atoms with Crippen molar-refractivity contribution in [1.29, 1.82) is 0 Å². The number of fused-ring (bicyclic) bond motifs is 1. The number of benzene rings is 3. The van der Waals surface area contributed by atoms with Crippen LogP contribution in [0.1, 0.15) is 46.5 Å². The molecular formula is C37H39FN4O6. The normalized spacial score (nSPS) is 15.8. The first-order valence-corrected chi connectivity index (χ1v) is 16.0. The second kappa shape index (κ2) is 13.1. The number of nitrogens with zero attached hydrogens (tertiary/aromatic N) is 2. The molecule has 10 nitrogen and oxygen atoms in total. The van der Waals surface area contributed by atoms with E-state index in [4.69, 9.17) is 14.2 Å². The van der Waals surface area contributed by atoms with E-state index in [-0.39, 0.29) is 11.9 Å². The summed E-state index contributed by atoms with van der Waals surface area (Å²) >= 11 is 0. The van der Waals surface area contributed by atoms with Gasteiger partial charge in [0.05, 0.1) is 24.2 Å². The predicted octanol–water partition coefficient (Wildman–Crippen LogP) is 7.09. The minimum atomic E-state index is -1.16. The van der Waals surface area contributed by atoms with Crippen molar-refractivity contribution in [2.24, 2.45) is 11.3 Å². The van der Waals surface area contributed by atoms with Crippen molar-refractivity contribution < 1.29 is 33.0 Å². The zero-order valence-electron chi connectivity index (χ0n) is 27.5. The maximum Gasteiger partial charge on any atom is 0.309 e. The Labute approximate surface area is 278 Å². The van der Waals surface area contributed by atoms with E-state index in [9.17, 15) is 18.8 Å². The summed E-state index contributed by atoms with van der Waals surface area (Å²) in [5.74, 6) is 0.300. The van der Waals surface area contributed by atoms with Gasteiger partial charge in [-0.2, -0.15) is 0 Å². The molecule has 6 rings (SSSR count). The highest BCUT2D eigenvalue weighted by Gasteiger charge is 2.56. The number of esters is 1. The van der Waals surface area contributed by atoms with E-state index < -0.39 is 28.6 Å². The Morgan fingerprint density at radius 1 is 0.875 bits per heavy atom. The number of amides is 2. The monoisotopic (exact) mass is 654 g/mol. The second-order valence-corrected chi connectivity index (χ2v) is 13.3. The quantitative estimate of drug-likeness (QED) is 0.145. The van der Waals surface area contributed by atoms with Gasteiger partial charge < -0.3 is 29.7 Å². The molecule has 2 heterocycles. The lowest BCUT2D eigenvalue weighted by molar-refractivity contribution is -0.160. The van der Waals surface area contributed by atoms with Crippen LogP contribution in [0.4, 0.5) is 21.5 Å². The molecule has 2 N–H and O–H groups in total. The molecule has 250 valence electrons. The van der Waals surface area contributed by atoms with Crippen molar-refractivity contribution in [3.63, 3.8) is 0 Å². The number of aromatic nitrogens is 1. The molecule has 48 heavy (non-hydrogen) atoms. The molecule has 0 spiro atoms. The average Bonchev–Trinajstić information content (AvgIpc) is 3.88. The van der Waals surface area contributed by atoms with Crippen LogP contribution in [0.3, 0.4) is 0 Å². The van der Waals surface area contributed by atoms with Gasteiger partial charge in [-0.05, 0) is 113 Å². The lowest BCUT2D eigenvalue weighted by atomic mass is 9.96. The Kier molecular flexibility index (Phi) is 8.96. The Morgan fingerprint density at radius 3 is 2.04 bits per heavy atom. The van der Waals surface area contributed by atoms with Crippen LogP contribution in [-0.4, -0.2) is 48.6 Å². The number of anilines is 3. The van der Waals surface area contributed by atoms with Gasteiger partial charge in [0.2, 0.25) is 11.8 Å². The molecule has 3 aromatic carbocycles. The molecule has 0 atom stereocenters. The summed E-state index contributed by atoms with van der Waals surface area (Å²) in [7, 11) is 1.63. The van der Waals surface area contributed by atoms with Crippen molar-refractivity contribution in [3.8, 4) is 17.2 Å². The fraction of sp³-hybridized carbons (Fsp3) is 0.351. The zero-order chi connectivity index (χ0) is 34.1. The number of methoxy groups -OCH3 is 1. The van der Waals surface area contributed by atoms with E-state index in [1.165, 1.54) is 24.3 Å². The topological polar surface area (TPSA) is 119 Å². The number of piperidine rings is 1. The van der Waals surface area contributed by atoms with Crippen LogP contribution < -0.4 is 25.0 Å². The molecule has 1 saturated heterocycles. The molecular weight excluding hydrogens is 615 g/mol. The van der Waals surface area contributed by atoms with Gasteiger partial charge in [0.25, 0.3) is 0 Å². The van der Waals surface area contributed by atoms with Gasteiger partial charge in [0, 0.05) is 36.0 Å². The number of halogens is 1. The van der Waals surface area contributed by atoms with E-state index in [0.717, 1.165) is 16.6 Å². The number of nitrogens with one attached hydrogen (secondary N) is 2. The third-order valence-corrected chi connectivity index (χ3v) is 8.64. The maximum atomic E-state index is 13.2.